The Morgan fingerprint density at radius 3 is 1.62 bits per heavy atom. The van der Waals surface area contributed by atoms with Gasteiger partial charge >= 0.3 is 17.1 Å². The Kier molecular flexibility index (Phi) is 12.5. The molecule has 0 aliphatic rings. The molecule has 0 aliphatic carbocycles. The first kappa shape index (κ1) is 31.5. The third-order valence-corrected chi connectivity index (χ3v) is 5.23. The van der Waals surface area contributed by atoms with E-state index in [9.17, 15) is 10.2 Å². The number of aromatic nitrogens is 2. The van der Waals surface area contributed by atoms with Crippen molar-refractivity contribution >= 4 is 0 Å². The Balaban J connectivity index is 0.00000272. The standard InChI is InChI=1S/C25H22N2O3.3ClH.Mn/c1-15-13-14-18(24(28)16(15)2)20-9-6-11-22(27-20)21-10-5-8-19(26-21)17-7-4-12-23(30-3)25(17)29;;;;/h4-14,28-29H,1-3H3;3*1H;/q;;;;+3/p-3. The molecule has 0 radical (unpaired) electrons. The molecule has 0 saturated heterocycles. The van der Waals surface area contributed by atoms with Crippen LogP contribution < -0.4 is 42.0 Å². The van der Waals surface area contributed by atoms with Gasteiger partial charge < -0.3 is 52.2 Å². The number of ether oxygens (including phenoxy) is 1. The minimum Gasteiger partial charge on any atom is -1.00 e. The summed E-state index contributed by atoms with van der Waals surface area (Å²) in [5, 5.41) is 21.0. The van der Waals surface area contributed by atoms with E-state index in [1.54, 1.807) is 12.1 Å². The fraction of sp³-hybridized carbons (Fsp3) is 0.120. The van der Waals surface area contributed by atoms with Crippen LogP contribution in [0.5, 0.6) is 17.2 Å². The zero-order valence-corrected chi connectivity index (χ0v) is 22.0. The summed E-state index contributed by atoms with van der Waals surface area (Å²) in [6.45, 7) is 3.86. The van der Waals surface area contributed by atoms with Crippen LogP contribution in [0.3, 0.4) is 0 Å². The predicted octanol–water partition coefficient (Wildman–Crippen LogP) is -3.48. The number of hydrogen-bond donors (Lipinski definition) is 2. The van der Waals surface area contributed by atoms with Crippen LogP contribution in [0.4, 0.5) is 0 Å². The van der Waals surface area contributed by atoms with Gasteiger partial charge in [0.1, 0.15) is 5.75 Å². The van der Waals surface area contributed by atoms with Gasteiger partial charge in [0.15, 0.2) is 11.5 Å². The number of benzene rings is 2. The topological polar surface area (TPSA) is 75.5 Å². The number of aromatic hydroxyl groups is 2. The first-order valence-corrected chi connectivity index (χ1v) is 9.60. The Morgan fingerprint density at radius 2 is 1.09 bits per heavy atom. The molecule has 0 saturated carbocycles. The summed E-state index contributed by atoms with van der Waals surface area (Å²) in [5.41, 5.74) is 5.76. The maximum atomic E-state index is 10.6. The second-order valence-corrected chi connectivity index (χ2v) is 7.08. The predicted molar refractivity (Wildman–Crippen MR) is 118 cm³/mol. The van der Waals surface area contributed by atoms with E-state index in [2.05, 4.69) is 0 Å². The van der Waals surface area contributed by atoms with Gasteiger partial charge in [0.25, 0.3) is 0 Å². The second-order valence-electron chi connectivity index (χ2n) is 7.08. The Morgan fingerprint density at radius 1 is 0.618 bits per heavy atom. The molecule has 0 atom stereocenters. The SMILES string of the molecule is COc1cccc(-c2cccc(-c3cccc(-c4ccc(C)c(C)c4O)n3)n2)c1O.[Cl-].[Cl-].[Cl-].[Mn+3]. The number of halogens is 3. The normalized spacial score (nSPS) is 9.50. The van der Waals surface area contributed by atoms with E-state index in [1.165, 1.54) is 7.11 Å². The molecule has 0 fully saturated rings. The van der Waals surface area contributed by atoms with Crippen molar-refractivity contribution in [2.45, 2.75) is 13.8 Å². The van der Waals surface area contributed by atoms with Crippen LogP contribution in [0.15, 0.2) is 66.7 Å². The van der Waals surface area contributed by atoms with Gasteiger partial charge in [0.05, 0.1) is 29.9 Å². The van der Waals surface area contributed by atoms with E-state index in [0.29, 0.717) is 39.7 Å². The van der Waals surface area contributed by atoms with Crippen LogP contribution in [0.1, 0.15) is 11.1 Å². The number of hydrogen-bond acceptors (Lipinski definition) is 5. The van der Waals surface area contributed by atoms with Crippen LogP contribution >= 0.6 is 0 Å². The van der Waals surface area contributed by atoms with E-state index in [1.807, 2.05) is 68.4 Å². The summed E-state index contributed by atoms with van der Waals surface area (Å²) >= 11 is 0. The van der Waals surface area contributed by atoms with Gasteiger partial charge in [0, 0.05) is 11.1 Å². The van der Waals surface area contributed by atoms with Crippen molar-refractivity contribution < 1.29 is 69.2 Å². The van der Waals surface area contributed by atoms with Crippen molar-refractivity contribution in [2.24, 2.45) is 0 Å². The number of aryl methyl sites for hydroxylation is 1. The number of phenolic OH excluding ortho intramolecular Hbond substituents is 2. The molecule has 4 rings (SSSR count). The van der Waals surface area contributed by atoms with Gasteiger partial charge in [-0.3, -0.25) is 0 Å². The van der Waals surface area contributed by atoms with Gasteiger partial charge in [-0.25, -0.2) is 9.97 Å². The summed E-state index contributed by atoms with van der Waals surface area (Å²) in [4.78, 5) is 9.42. The zero-order chi connectivity index (χ0) is 21.3. The maximum Gasteiger partial charge on any atom is 3.00 e. The van der Waals surface area contributed by atoms with Crippen molar-refractivity contribution in [1.82, 2.24) is 9.97 Å². The number of rotatable bonds is 4. The van der Waals surface area contributed by atoms with E-state index in [4.69, 9.17) is 14.7 Å². The molecule has 2 N–H and O–H groups in total. The van der Waals surface area contributed by atoms with E-state index in [0.717, 1.165) is 11.1 Å². The van der Waals surface area contributed by atoms with Crippen LogP contribution in [0, 0.1) is 13.8 Å². The summed E-state index contributed by atoms with van der Waals surface area (Å²) in [5.74, 6) is 0.680. The van der Waals surface area contributed by atoms with Crippen LogP contribution in [-0.4, -0.2) is 27.3 Å². The van der Waals surface area contributed by atoms with Crippen LogP contribution in [-0.2, 0) is 17.1 Å². The molecule has 0 aliphatic heterocycles. The average Bonchev–Trinajstić information content (AvgIpc) is 2.78. The van der Waals surface area contributed by atoms with Crippen molar-refractivity contribution in [1.29, 1.82) is 0 Å². The molecule has 9 heteroatoms. The average molecular weight is 560 g/mol. The molecule has 2 aromatic carbocycles. The van der Waals surface area contributed by atoms with Crippen LogP contribution in [0.2, 0.25) is 0 Å². The van der Waals surface area contributed by atoms with Crippen LogP contribution in [0.25, 0.3) is 33.9 Å². The number of nitrogens with zero attached hydrogens (tertiary/aromatic N) is 2. The fourth-order valence-electron chi connectivity index (χ4n) is 3.36. The Bertz CT molecular complexity index is 1260. The van der Waals surface area contributed by atoms with Gasteiger partial charge in [0.2, 0.25) is 0 Å². The molecule has 34 heavy (non-hydrogen) atoms. The summed E-state index contributed by atoms with van der Waals surface area (Å²) < 4.78 is 5.20. The van der Waals surface area contributed by atoms with Gasteiger partial charge in [-0.05, 0) is 67.4 Å². The molecule has 5 nitrogen and oxygen atoms in total. The molecule has 2 heterocycles. The largest absolute Gasteiger partial charge is 3.00 e. The van der Waals surface area contributed by atoms with E-state index >= 15 is 0 Å². The quantitative estimate of drug-likeness (QED) is 0.254. The third-order valence-electron chi connectivity index (χ3n) is 5.23. The summed E-state index contributed by atoms with van der Waals surface area (Å²) in [6.07, 6.45) is 0. The van der Waals surface area contributed by atoms with Gasteiger partial charge in [-0.2, -0.15) is 0 Å². The first-order chi connectivity index (χ1) is 14.5. The van der Waals surface area contributed by atoms with Crippen molar-refractivity contribution in [3.63, 3.8) is 0 Å². The van der Waals surface area contributed by atoms with Crippen molar-refractivity contribution in [3.8, 4) is 51.2 Å². The maximum absolute atomic E-state index is 10.6. The third kappa shape index (κ3) is 6.15. The van der Waals surface area contributed by atoms with E-state index in [-0.39, 0.29) is 65.8 Å². The fourth-order valence-corrected chi connectivity index (χ4v) is 3.36. The van der Waals surface area contributed by atoms with Crippen molar-refractivity contribution in [3.05, 3.63) is 77.9 Å². The summed E-state index contributed by atoms with van der Waals surface area (Å²) in [6, 6.07) is 20.4. The minimum atomic E-state index is 0. The zero-order valence-electron chi connectivity index (χ0n) is 18.6. The first-order valence-electron chi connectivity index (χ1n) is 9.60. The Hall–Kier alpha value is -2.47. The van der Waals surface area contributed by atoms with E-state index < -0.39 is 0 Å². The molecule has 178 valence electrons. The number of pyridine rings is 2. The molecule has 2 aromatic heterocycles. The monoisotopic (exact) mass is 558 g/mol. The number of phenols is 2. The van der Waals surface area contributed by atoms with Crippen molar-refractivity contribution in [2.75, 3.05) is 7.11 Å². The Labute approximate surface area is 228 Å². The minimum absolute atomic E-state index is 0. The van der Waals surface area contributed by atoms with Gasteiger partial charge in [-0.1, -0.05) is 24.3 Å². The van der Waals surface area contributed by atoms with Gasteiger partial charge in [-0.15, -0.1) is 0 Å². The smallest absolute Gasteiger partial charge is 1.00 e. The molecule has 0 unspecified atom stereocenters. The second kappa shape index (κ2) is 13.4. The molecule has 0 amide bonds. The molecular weight excluding hydrogens is 538 g/mol. The summed E-state index contributed by atoms with van der Waals surface area (Å²) in [7, 11) is 1.51. The number of para-hydroxylation sites is 1. The molecule has 0 bridgehead atoms. The number of methoxy groups -OCH3 is 1. The molecule has 4 aromatic rings. The molecular formula is C25H22Cl3MnN2O3. The molecule has 0 spiro atoms.